The third-order valence-electron chi connectivity index (χ3n) is 3.25. The first kappa shape index (κ1) is 19.1. The summed E-state index contributed by atoms with van der Waals surface area (Å²) in [6, 6.07) is 9.21. The Bertz CT molecular complexity index is 714. The first-order chi connectivity index (χ1) is 9.93. The number of benzene rings is 1. The van der Waals surface area contributed by atoms with E-state index in [9.17, 15) is 13.6 Å². The number of nitrogens with zero attached hydrogens (tertiary/aromatic N) is 3. The summed E-state index contributed by atoms with van der Waals surface area (Å²) in [5.41, 5.74) is 1.61. The minimum absolute atomic E-state index is 0. The van der Waals surface area contributed by atoms with Crippen molar-refractivity contribution in [3.63, 3.8) is 0 Å². The van der Waals surface area contributed by atoms with Crippen LogP contribution in [-0.2, 0) is 22.6 Å². The van der Waals surface area contributed by atoms with E-state index in [1.165, 1.54) is 9.58 Å². The first-order valence-electron chi connectivity index (χ1n) is 6.21. The minimum atomic E-state index is -2.61. The van der Waals surface area contributed by atoms with Crippen LogP contribution in [-0.4, -0.2) is 31.9 Å². The predicted molar refractivity (Wildman–Crippen MR) is 79.0 cm³/mol. The van der Waals surface area contributed by atoms with Crippen LogP contribution in [0.25, 0.3) is 5.69 Å². The van der Waals surface area contributed by atoms with Gasteiger partial charge >= 0.3 is 29.6 Å². The third kappa shape index (κ3) is 3.89. The fourth-order valence-corrected chi connectivity index (χ4v) is 2.42. The minimum Gasteiger partial charge on any atom is -0.750 e. The number of rotatable bonds is 5. The number of anilines is 1. The molecule has 1 atom stereocenters. The Balaban J connectivity index is 0.00000242. The van der Waals surface area contributed by atoms with E-state index in [2.05, 4.69) is 4.18 Å². The second kappa shape index (κ2) is 8.09. The summed E-state index contributed by atoms with van der Waals surface area (Å²) in [6.07, 6.45) is 0. The van der Waals surface area contributed by atoms with Gasteiger partial charge in [-0.15, -0.1) is 0 Å². The van der Waals surface area contributed by atoms with E-state index in [1.807, 2.05) is 30.3 Å². The zero-order valence-corrected chi connectivity index (χ0v) is 15.8. The van der Waals surface area contributed by atoms with E-state index in [-0.39, 0.29) is 41.8 Å². The van der Waals surface area contributed by atoms with Crippen molar-refractivity contribution in [3.05, 3.63) is 46.4 Å². The Morgan fingerprint density at radius 2 is 1.91 bits per heavy atom. The molecule has 0 aliphatic carbocycles. The van der Waals surface area contributed by atoms with Crippen molar-refractivity contribution in [2.45, 2.75) is 6.92 Å². The molecule has 1 aromatic carbocycles. The Hall–Kier alpha value is -0.900. The molecule has 9 heteroatoms. The van der Waals surface area contributed by atoms with Crippen molar-refractivity contribution < 1.29 is 42.5 Å². The molecule has 0 saturated carbocycles. The standard InChI is InChI=1S/C13H17N3O4S.Na/c1-10-12(14(2)9-20-21(18)19)13(17)16(15(10)3)11-7-5-4-6-8-11;/h4-8H,9H2,1-3H3,(H,18,19);/q;+1/p-1. The van der Waals surface area contributed by atoms with E-state index < -0.39 is 11.4 Å². The van der Waals surface area contributed by atoms with Crippen molar-refractivity contribution in [2.24, 2.45) is 7.05 Å². The van der Waals surface area contributed by atoms with Crippen LogP contribution in [0, 0.1) is 6.92 Å². The van der Waals surface area contributed by atoms with Crippen LogP contribution in [0.4, 0.5) is 5.69 Å². The molecule has 114 valence electrons. The van der Waals surface area contributed by atoms with Gasteiger partial charge in [-0.1, -0.05) is 18.2 Å². The van der Waals surface area contributed by atoms with Gasteiger partial charge in [0.25, 0.3) is 5.56 Å². The summed E-state index contributed by atoms with van der Waals surface area (Å²) >= 11 is -2.61. The quantitative estimate of drug-likeness (QED) is 0.349. The monoisotopic (exact) mass is 333 g/mol. The van der Waals surface area contributed by atoms with Crippen LogP contribution in [0.15, 0.2) is 35.1 Å². The summed E-state index contributed by atoms with van der Waals surface area (Å²) in [7, 11) is 3.37. The first-order valence-corrected chi connectivity index (χ1v) is 7.21. The molecular formula is C13H16N3NaO4S. The van der Waals surface area contributed by atoms with Crippen LogP contribution in [0.2, 0.25) is 0 Å². The zero-order valence-electron chi connectivity index (χ0n) is 13.0. The van der Waals surface area contributed by atoms with Crippen LogP contribution >= 0.6 is 0 Å². The van der Waals surface area contributed by atoms with Gasteiger partial charge in [-0.25, -0.2) is 8.89 Å². The van der Waals surface area contributed by atoms with Crippen LogP contribution in [0.3, 0.4) is 0 Å². The molecule has 0 aliphatic heterocycles. The van der Waals surface area contributed by atoms with Gasteiger partial charge in [0.15, 0.2) is 0 Å². The summed E-state index contributed by atoms with van der Waals surface area (Å²) in [6.45, 7) is 1.58. The van der Waals surface area contributed by atoms with Crippen LogP contribution in [0.1, 0.15) is 5.69 Å². The van der Waals surface area contributed by atoms with E-state index >= 15 is 0 Å². The van der Waals surface area contributed by atoms with E-state index in [4.69, 9.17) is 0 Å². The second-order valence-corrected chi connectivity index (χ2v) is 5.20. The number of hydrogen-bond donors (Lipinski definition) is 0. The molecule has 0 radical (unpaired) electrons. The van der Waals surface area contributed by atoms with Gasteiger partial charge in [0, 0.05) is 14.1 Å². The van der Waals surface area contributed by atoms with Crippen molar-refractivity contribution in [2.75, 3.05) is 18.7 Å². The van der Waals surface area contributed by atoms with Gasteiger partial charge in [0.2, 0.25) is 0 Å². The van der Waals surface area contributed by atoms with Gasteiger partial charge in [-0.3, -0.25) is 13.7 Å². The fourth-order valence-electron chi connectivity index (χ4n) is 2.18. The molecule has 2 rings (SSSR count). The Morgan fingerprint density at radius 3 is 2.45 bits per heavy atom. The molecule has 1 heterocycles. The largest absolute Gasteiger partial charge is 1.00 e. The maximum atomic E-state index is 12.6. The average molecular weight is 333 g/mol. The van der Waals surface area contributed by atoms with Gasteiger partial charge in [0.1, 0.15) is 12.4 Å². The van der Waals surface area contributed by atoms with Gasteiger partial charge in [-0.05, 0) is 19.1 Å². The summed E-state index contributed by atoms with van der Waals surface area (Å²) in [5, 5.41) is 0. The second-order valence-electron chi connectivity index (χ2n) is 4.56. The molecule has 0 spiro atoms. The molecule has 1 unspecified atom stereocenters. The van der Waals surface area contributed by atoms with Gasteiger partial charge in [-0.2, -0.15) is 0 Å². The SMILES string of the molecule is Cc1c(N(C)COS(=O)[O-])c(=O)n(-c2ccccc2)n1C.[Na+]. The number of para-hydroxylation sites is 1. The number of hydrogen-bond acceptors (Lipinski definition) is 5. The fraction of sp³-hybridized carbons (Fsp3) is 0.308. The smallest absolute Gasteiger partial charge is 0.750 e. The topological polar surface area (TPSA) is 79.5 Å². The van der Waals surface area contributed by atoms with Crippen molar-refractivity contribution in [1.82, 2.24) is 9.36 Å². The molecule has 22 heavy (non-hydrogen) atoms. The normalized spacial score (nSPS) is 11.8. The van der Waals surface area contributed by atoms with Crippen molar-refractivity contribution in [3.8, 4) is 5.69 Å². The summed E-state index contributed by atoms with van der Waals surface area (Å²) in [4.78, 5) is 14.1. The molecule has 0 fully saturated rings. The average Bonchev–Trinajstić information content (AvgIpc) is 2.68. The maximum absolute atomic E-state index is 12.6. The third-order valence-corrected chi connectivity index (χ3v) is 3.55. The Kier molecular flexibility index (Phi) is 7.04. The van der Waals surface area contributed by atoms with E-state index in [1.54, 1.807) is 25.7 Å². The molecule has 1 aromatic heterocycles. The Morgan fingerprint density at radius 1 is 1.32 bits per heavy atom. The Labute approximate surface area is 153 Å². The number of aromatic nitrogens is 2. The summed E-state index contributed by atoms with van der Waals surface area (Å²) in [5.74, 6) is 0. The molecule has 0 saturated heterocycles. The van der Waals surface area contributed by atoms with Crippen LogP contribution in [0.5, 0.6) is 0 Å². The molecule has 0 amide bonds. The molecule has 0 N–H and O–H groups in total. The maximum Gasteiger partial charge on any atom is 1.00 e. The van der Waals surface area contributed by atoms with Crippen LogP contribution < -0.4 is 40.0 Å². The zero-order chi connectivity index (χ0) is 15.6. The van der Waals surface area contributed by atoms with Crippen molar-refractivity contribution >= 4 is 17.0 Å². The molecule has 2 aromatic rings. The molecular weight excluding hydrogens is 317 g/mol. The van der Waals surface area contributed by atoms with Crippen molar-refractivity contribution in [1.29, 1.82) is 0 Å². The molecule has 0 aliphatic rings. The van der Waals surface area contributed by atoms with E-state index in [0.29, 0.717) is 11.4 Å². The summed E-state index contributed by atoms with van der Waals surface area (Å²) < 4.78 is 28.7. The predicted octanol–water partition coefficient (Wildman–Crippen LogP) is -2.31. The van der Waals surface area contributed by atoms with Gasteiger partial charge in [0.05, 0.1) is 22.7 Å². The van der Waals surface area contributed by atoms with Gasteiger partial charge < -0.3 is 9.45 Å². The molecule has 7 nitrogen and oxygen atoms in total. The van der Waals surface area contributed by atoms with E-state index in [0.717, 1.165) is 5.69 Å². The molecule has 0 bridgehead atoms.